The average molecular weight is 886 g/mol. The molecular weight excluding hydrogens is 832 g/mol. The van der Waals surface area contributed by atoms with E-state index in [4.69, 9.17) is 68.2 Å². The molecule has 0 rings (SSSR count). The van der Waals surface area contributed by atoms with E-state index in [2.05, 4.69) is 65.2 Å². The van der Waals surface area contributed by atoms with Crippen LogP contribution >= 0.6 is 63.1 Å². The van der Waals surface area contributed by atoms with Crippen molar-refractivity contribution in [3.63, 3.8) is 0 Å². The van der Waals surface area contributed by atoms with Crippen molar-refractivity contribution in [2.75, 3.05) is 62.2 Å². The minimum atomic E-state index is 0. The summed E-state index contributed by atoms with van der Waals surface area (Å²) in [5, 5.41) is 14.5. The normalized spacial score (nSPS) is 7.54. The van der Waals surface area contributed by atoms with Gasteiger partial charge < -0.3 is 39.1 Å². The first kappa shape index (κ1) is 72.9. The predicted octanol–water partition coefficient (Wildman–Crippen LogP) is 2.54. The van der Waals surface area contributed by atoms with Crippen molar-refractivity contribution in [2.24, 2.45) is 21.1 Å². The maximum Gasteiger partial charge on any atom is 1.00 e. The molecule has 0 amide bonds. The van der Waals surface area contributed by atoms with Crippen LogP contribution in [0.5, 0.6) is 0 Å². The van der Waals surface area contributed by atoms with Gasteiger partial charge in [0.15, 0.2) is 0 Å². The third-order valence-corrected chi connectivity index (χ3v) is 5.48. The molecule has 0 heterocycles. The molecule has 0 aromatic heterocycles. The molecule has 264 valence electrons. The smallest absolute Gasteiger partial charge is 1.00 e. The SMILES string of the molecule is CCCCN.CCCCNCCCCN=[N+]=[N-].Cl.ClCCCCBr.[Br-].[N-]=[N+]=NCCCCCl.[N-]=[N+]=NCCCCCl.[N-]=[N+]=[N-].[Na+].[Na+]. The van der Waals surface area contributed by atoms with Crippen LogP contribution in [-0.2, 0) is 0 Å². The molecule has 22 heteroatoms. The zero-order chi connectivity index (χ0) is 33.2. The van der Waals surface area contributed by atoms with Gasteiger partial charge in [-0.15, -0.1) is 47.2 Å². The fourth-order valence-corrected chi connectivity index (χ4v) is 2.90. The van der Waals surface area contributed by atoms with E-state index in [1.54, 1.807) is 0 Å². The summed E-state index contributed by atoms with van der Waals surface area (Å²) < 4.78 is 0. The van der Waals surface area contributed by atoms with E-state index in [0.717, 1.165) is 75.8 Å². The second-order valence-electron chi connectivity index (χ2n) is 7.78. The van der Waals surface area contributed by atoms with Gasteiger partial charge in [-0.05, 0) is 100 Å². The predicted molar refractivity (Wildman–Crippen MR) is 194 cm³/mol. The number of nitrogens with zero attached hydrogens (tertiary/aromatic N) is 12. The van der Waals surface area contributed by atoms with Gasteiger partial charge in [0.1, 0.15) is 0 Å². The third-order valence-electron chi connectivity index (χ3n) is 4.12. The standard InChI is InChI=1S/C8H18N4.C4H8BrCl.2C4H8ClN3.C4H11N.BrH.ClH.N3.2Na/c1-2-3-6-10-7-4-5-8-11-12-9;5-3-1-2-4-6;2*5-3-1-2-4-7-8-6;1-2-3-4-5;;;1-3-2;;/h10H,2-8H2,1H3;1-4H2;2*1-4H2;2-5H2,1H3;2*1H;;;/q;;;;;;;-1;2*+1/p-1. The van der Waals surface area contributed by atoms with E-state index in [-0.39, 0.29) is 88.5 Å². The second kappa shape index (κ2) is 97.0. The Bertz CT molecular complexity index is 616. The van der Waals surface area contributed by atoms with E-state index >= 15 is 0 Å². The monoisotopic (exact) mass is 882 g/mol. The van der Waals surface area contributed by atoms with E-state index in [0.29, 0.717) is 31.4 Å². The quantitative estimate of drug-likeness (QED) is 0.0441. The number of azide groups is 3. The van der Waals surface area contributed by atoms with E-state index < -0.39 is 0 Å². The van der Waals surface area contributed by atoms with Crippen molar-refractivity contribution in [1.29, 1.82) is 0 Å². The van der Waals surface area contributed by atoms with Crippen molar-refractivity contribution in [3.05, 3.63) is 47.3 Å². The summed E-state index contributed by atoms with van der Waals surface area (Å²) in [6.45, 7) is 9.09. The van der Waals surface area contributed by atoms with Crippen LogP contribution in [0.1, 0.15) is 90.9 Å². The molecule has 3 N–H and O–H groups in total. The van der Waals surface area contributed by atoms with Gasteiger partial charge in [-0.25, -0.2) is 0 Å². The summed E-state index contributed by atoms with van der Waals surface area (Å²) in [4.78, 5) is 9.37. The van der Waals surface area contributed by atoms with Crippen LogP contribution in [0, 0.1) is 0 Å². The summed E-state index contributed by atoms with van der Waals surface area (Å²) in [5.41, 5.74) is 42.2. The number of nitrogens with two attached hydrogens (primary N) is 1. The number of hydrogen-bond donors (Lipinski definition) is 2. The molecule has 0 fully saturated rings. The molecule has 0 spiro atoms. The topological polar surface area (TPSA) is 243 Å². The average Bonchev–Trinajstić information content (AvgIpc) is 3.00. The van der Waals surface area contributed by atoms with Gasteiger partial charge in [0.25, 0.3) is 0 Å². The van der Waals surface area contributed by atoms with Gasteiger partial charge in [-0.2, -0.15) is 0 Å². The molecule has 0 aromatic carbocycles. The Hall–Kier alpha value is 1.28. The van der Waals surface area contributed by atoms with Gasteiger partial charge in [0.2, 0.25) is 0 Å². The summed E-state index contributed by atoms with van der Waals surface area (Å²) >= 11 is 19.3. The van der Waals surface area contributed by atoms with Crippen LogP contribution in [-0.4, -0.2) is 62.2 Å². The third kappa shape index (κ3) is 139. The van der Waals surface area contributed by atoms with Crippen LogP contribution in [0.25, 0.3) is 47.3 Å². The minimum Gasteiger partial charge on any atom is -1.00 e. The molecule has 46 heavy (non-hydrogen) atoms. The molecule has 0 aromatic rings. The molecular formula is C24H54Br2Cl4N14Na2. The Morgan fingerprint density at radius 1 is 0.609 bits per heavy atom. The number of unbranched alkanes of at least 4 members (excludes halogenated alkanes) is 6. The Kier molecular flexibility index (Phi) is 154. The number of halogens is 6. The fraction of sp³-hybridized carbons (Fsp3) is 1.00. The van der Waals surface area contributed by atoms with Crippen LogP contribution in [0.4, 0.5) is 0 Å². The number of alkyl halides is 4. The fourth-order valence-electron chi connectivity index (χ4n) is 1.94. The molecule has 0 unspecified atom stereocenters. The zero-order valence-corrected chi connectivity index (χ0v) is 38.6. The minimum absolute atomic E-state index is 0. The van der Waals surface area contributed by atoms with Crippen LogP contribution < -0.4 is 87.1 Å². The van der Waals surface area contributed by atoms with Crippen molar-refractivity contribution in [2.45, 2.75) is 90.9 Å². The number of nitrogens with one attached hydrogen (secondary N) is 1. The summed E-state index contributed by atoms with van der Waals surface area (Å²) in [7, 11) is 0. The largest absolute Gasteiger partial charge is 1.00 e. The van der Waals surface area contributed by atoms with E-state index in [1.165, 1.54) is 37.0 Å². The molecule has 0 aliphatic carbocycles. The molecule has 0 saturated carbocycles. The summed E-state index contributed by atoms with van der Waals surface area (Å²) in [6, 6.07) is 0. The molecule has 0 saturated heterocycles. The maximum absolute atomic E-state index is 7.98. The number of rotatable bonds is 21. The van der Waals surface area contributed by atoms with Crippen molar-refractivity contribution in [3.8, 4) is 0 Å². The van der Waals surface area contributed by atoms with Gasteiger partial charge in [0.05, 0.1) is 0 Å². The Labute approximate surface area is 362 Å². The van der Waals surface area contributed by atoms with E-state index in [9.17, 15) is 0 Å². The molecule has 0 bridgehead atoms. The molecule has 0 aliphatic rings. The Morgan fingerprint density at radius 2 is 0.935 bits per heavy atom. The number of hydrogen-bond acceptors (Lipinski definition) is 5. The van der Waals surface area contributed by atoms with Gasteiger partial charge in [-0.1, -0.05) is 58.0 Å². The molecule has 0 radical (unpaired) electrons. The van der Waals surface area contributed by atoms with E-state index in [1.807, 2.05) is 0 Å². The molecule has 0 aliphatic heterocycles. The van der Waals surface area contributed by atoms with Gasteiger partial charge in [0, 0.05) is 57.3 Å². The van der Waals surface area contributed by atoms with Gasteiger partial charge in [-0.3, -0.25) is 4.91 Å². The zero-order valence-electron chi connectivity index (χ0n) is 28.3. The first-order chi connectivity index (χ1) is 20.5. The Morgan fingerprint density at radius 3 is 1.17 bits per heavy atom. The van der Waals surface area contributed by atoms with Crippen LogP contribution in [0.3, 0.4) is 0 Å². The molecule has 14 nitrogen and oxygen atoms in total. The second-order valence-corrected chi connectivity index (χ2v) is 9.71. The first-order valence-corrected chi connectivity index (χ1v) is 16.9. The van der Waals surface area contributed by atoms with Crippen LogP contribution in [0.2, 0.25) is 0 Å². The van der Waals surface area contributed by atoms with Crippen molar-refractivity contribution in [1.82, 2.24) is 5.32 Å². The van der Waals surface area contributed by atoms with Crippen molar-refractivity contribution >= 4 is 63.1 Å². The maximum atomic E-state index is 7.98. The summed E-state index contributed by atoms with van der Waals surface area (Å²) in [6.07, 6.45) is 12.9. The van der Waals surface area contributed by atoms with Crippen LogP contribution in [0.15, 0.2) is 15.3 Å². The van der Waals surface area contributed by atoms with Crippen molar-refractivity contribution < 1.29 is 76.1 Å². The Balaban J connectivity index is -0.0000000432. The first-order valence-electron chi connectivity index (χ1n) is 14.1. The van der Waals surface area contributed by atoms with Gasteiger partial charge >= 0.3 is 59.1 Å². The summed E-state index contributed by atoms with van der Waals surface area (Å²) in [5.74, 6) is 2.10. The molecule has 0 atom stereocenters.